The van der Waals surface area contributed by atoms with Gasteiger partial charge in [-0.15, -0.1) is 0 Å². The van der Waals surface area contributed by atoms with Crippen LogP contribution in [0.15, 0.2) is 30.5 Å². The number of carboxylic acids is 1. The van der Waals surface area contributed by atoms with Crippen LogP contribution in [0.1, 0.15) is 12.8 Å². The van der Waals surface area contributed by atoms with Gasteiger partial charge in [-0.3, -0.25) is 9.59 Å². The van der Waals surface area contributed by atoms with E-state index in [-0.39, 0.29) is 25.0 Å². The van der Waals surface area contributed by atoms with Gasteiger partial charge in [-0.2, -0.15) is 0 Å². The van der Waals surface area contributed by atoms with Crippen LogP contribution >= 0.6 is 11.6 Å². The number of halogens is 1. The Morgan fingerprint density at radius 1 is 1.33 bits per heavy atom. The Labute approximate surface area is 126 Å². The van der Waals surface area contributed by atoms with Crippen LogP contribution < -0.4 is 0 Å². The van der Waals surface area contributed by atoms with Crippen LogP contribution in [-0.2, 0) is 16.1 Å². The summed E-state index contributed by atoms with van der Waals surface area (Å²) in [5, 5.41) is 10.5. The Balaban J connectivity index is 1.81. The summed E-state index contributed by atoms with van der Waals surface area (Å²) in [5.74, 6) is -1.15. The number of nitrogens with zero attached hydrogens (tertiary/aromatic N) is 2. The highest BCUT2D eigenvalue weighted by Gasteiger charge is 2.33. The lowest BCUT2D eigenvalue weighted by atomic mass is 10.2. The summed E-state index contributed by atoms with van der Waals surface area (Å²) in [7, 11) is 0. The van der Waals surface area contributed by atoms with Crippen molar-refractivity contribution in [3.8, 4) is 0 Å². The molecular formula is C15H15ClN2O3. The van der Waals surface area contributed by atoms with Crippen molar-refractivity contribution in [2.75, 3.05) is 6.54 Å². The molecule has 1 aromatic heterocycles. The zero-order chi connectivity index (χ0) is 15.0. The molecule has 1 amide bonds. The maximum absolute atomic E-state index is 12.4. The molecule has 2 aromatic rings. The molecule has 1 aliphatic carbocycles. The van der Waals surface area contributed by atoms with E-state index in [2.05, 4.69) is 0 Å². The number of fused-ring (bicyclic) bond motifs is 1. The van der Waals surface area contributed by atoms with Gasteiger partial charge in [0.15, 0.2) is 0 Å². The fraction of sp³-hybridized carbons (Fsp3) is 0.333. The van der Waals surface area contributed by atoms with Crippen molar-refractivity contribution in [2.45, 2.75) is 25.4 Å². The van der Waals surface area contributed by atoms with E-state index in [0.29, 0.717) is 5.02 Å². The van der Waals surface area contributed by atoms with Crippen molar-refractivity contribution in [3.63, 3.8) is 0 Å². The zero-order valence-corrected chi connectivity index (χ0v) is 12.1. The molecule has 0 atom stereocenters. The zero-order valence-electron chi connectivity index (χ0n) is 11.3. The third-order valence-electron chi connectivity index (χ3n) is 3.66. The highest BCUT2D eigenvalue weighted by molar-refractivity contribution is 6.31. The first-order valence-electron chi connectivity index (χ1n) is 6.80. The molecular weight excluding hydrogens is 292 g/mol. The lowest BCUT2D eigenvalue weighted by Crippen LogP contribution is -2.39. The summed E-state index contributed by atoms with van der Waals surface area (Å²) >= 11 is 5.99. The van der Waals surface area contributed by atoms with Gasteiger partial charge in [0.2, 0.25) is 5.91 Å². The molecule has 1 aromatic carbocycles. The van der Waals surface area contributed by atoms with Crippen LogP contribution in [0.2, 0.25) is 5.02 Å². The van der Waals surface area contributed by atoms with E-state index in [4.69, 9.17) is 16.7 Å². The van der Waals surface area contributed by atoms with Gasteiger partial charge in [0.25, 0.3) is 0 Å². The quantitative estimate of drug-likeness (QED) is 0.922. The molecule has 0 spiro atoms. The molecule has 5 nitrogen and oxygen atoms in total. The van der Waals surface area contributed by atoms with Gasteiger partial charge in [-0.05, 0) is 36.4 Å². The summed E-state index contributed by atoms with van der Waals surface area (Å²) in [4.78, 5) is 24.7. The molecule has 0 saturated heterocycles. The lowest BCUT2D eigenvalue weighted by Gasteiger charge is -2.20. The maximum Gasteiger partial charge on any atom is 0.323 e. The van der Waals surface area contributed by atoms with Gasteiger partial charge in [0.1, 0.15) is 13.1 Å². The third-order valence-corrected chi connectivity index (χ3v) is 3.89. The van der Waals surface area contributed by atoms with Crippen molar-refractivity contribution in [2.24, 2.45) is 0 Å². The van der Waals surface area contributed by atoms with Gasteiger partial charge >= 0.3 is 5.97 Å². The Bertz CT molecular complexity index is 706. The number of carboxylic acid groups (broad SMARTS) is 1. The molecule has 1 heterocycles. The first kappa shape index (κ1) is 13.9. The van der Waals surface area contributed by atoms with Gasteiger partial charge in [0.05, 0.1) is 0 Å². The largest absolute Gasteiger partial charge is 0.480 e. The molecule has 0 aliphatic heterocycles. The topological polar surface area (TPSA) is 62.5 Å². The smallest absolute Gasteiger partial charge is 0.323 e. The average Bonchev–Trinajstić information content (AvgIpc) is 3.20. The summed E-state index contributed by atoms with van der Waals surface area (Å²) in [6.07, 6.45) is 3.60. The number of amides is 1. The standard InChI is InChI=1S/C15H15ClN2O3/c16-11-2-1-10-5-6-17(13(10)7-11)8-14(19)18(9-15(20)21)12-3-4-12/h1-2,5-7,12H,3-4,8-9H2,(H,20,21). The van der Waals surface area contributed by atoms with Gasteiger partial charge in [0, 0.05) is 22.8 Å². The Morgan fingerprint density at radius 2 is 2.10 bits per heavy atom. The summed E-state index contributed by atoms with van der Waals surface area (Å²) in [6.45, 7) is -0.100. The highest BCUT2D eigenvalue weighted by atomic mass is 35.5. The van der Waals surface area contributed by atoms with E-state index in [9.17, 15) is 9.59 Å². The number of carbonyl (C=O) groups is 2. The molecule has 1 N–H and O–H groups in total. The molecule has 110 valence electrons. The molecule has 1 aliphatic rings. The van der Waals surface area contributed by atoms with E-state index in [1.165, 1.54) is 4.90 Å². The number of hydrogen-bond donors (Lipinski definition) is 1. The number of benzene rings is 1. The fourth-order valence-electron chi connectivity index (χ4n) is 2.48. The van der Waals surface area contributed by atoms with E-state index in [0.717, 1.165) is 23.7 Å². The van der Waals surface area contributed by atoms with E-state index in [1.54, 1.807) is 10.6 Å². The Morgan fingerprint density at radius 3 is 2.76 bits per heavy atom. The third kappa shape index (κ3) is 3.03. The minimum Gasteiger partial charge on any atom is -0.480 e. The number of hydrogen-bond acceptors (Lipinski definition) is 2. The van der Waals surface area contributed by atoms with E-state index >= 15 is 0 Å². The van der Waals surface area contributed by atoms with Crippen LogP contribution in [-0.4, -0.2) is 39.0 Å². The first-order valence-corrected chi connectivity index (χ1v) is 7.18. The number of carbonyl (C=O) groups excluding carboxylic acids is 1. The summed E-state index contributed by atoms with van der Waals surface area (Å²) in [5.41, 5.74) is 0.877. The Kier molecular flexibility index (Phi) is 3.59. The van der Waals surface area contributed by atoms with Gasteiger partial charge in [-0.25, -0.2) is 0 Å². The van der Waals surface area contributed by atoms with Crippen LogP contribution in [0.3, 0.4) is 0 Å². The molecule has 6 heteroatoms. The predicted molar refractivity (Wildman–Crippen MR) is 79.3 cm³/mol. The lowest BCUT2D eigenvalue weighted by molar-refractivity contribution is -0.145. The minimum atomic E-state index is -0.976. The van der Waals surface area contributed by atoms with Crippen LogP contribution in [0.4, 0.5) is 0 Å². The molecule has 21 heavy (non-hydrogen) atoms. The van der Waals surface area contributed by atoms with Gasteiger partial charge in [-0.1, -0.05) is 17.7 Å². The van der Waals surface area contributed by atoms with Crippen LogP contribution in [0.5, 0.6) is 0 Å². The molecule has 0 radical (unpaired) electrons. The second-order valence-corrected chi connectivity index (χ2v) is 5.73. The first-order chi connectivity index (χ1) is 10.0. The second-order valence-electron chi connectivity index (χ2n) is 5.29. The second kappa shape index (κ2) is 5.41. The minimum absolute atomic E-state index is 0.0824. The summed E-state index contributed by atoms with van der Waals surface area (Å²) in [6, 6.07) is 7.51. The van der Waals surface area contributed by atoms with E-state index < -0.39 is 5.97 Å². The number of rotatable bonds is 5. The van der Waals surface area contributed by atoms with Crippen molar-refractivity contribution in [1.82, 2.24) is 9.47 Å². The highest BCUT2D eigenvalue weighted by Crippen LogP contribution is 2.27. The maximum atomic E-state index is 12.4. The molecule has 0 bridgehead atoms. The van der Waals surface area contributed by atoms with Crippen molar-refractivity contribution >= 4 is 34.4 Å². The number of aromatic nitrogens is 1. The fourth-order valence-corrected chi connectivity index (χ4v) is 2.65. The average molecular weight is 307 g/mol. The molecule has 0 unspecified atom stereocenters. The number of aliphatic carboxylic acids is 1. The monoisotopic (exact) mass is 306 g/mol. The Hall–Kier alpha value is -2.01. The molecule has 3 rings (SSSR count). The molecule has 1 saturated carbocycles. The normalized spacial score (nSPS) is 14.3. The molecule has 1 fully saturated rings. The van der Waals surface area contributed by atoms with E-state index in [1.807, 2.05) is 24.4 Å². The van der Waals surface area contributed by atoms with Crippen LogP contribution in [0.25, 0.3) is 10.9 Å². The van der Waals surface area contributed by atoms with Gasteiger partial charge < -0.3 is 14.6 Å². The predicted octanol–water partition coefficient (Wildman–Crippen LogP) is 2.37. The SMILES string of the molecule is O=C(O)CN(C(=O)Cn1ccc2ccc(Cl)cc21)C1CC1. The van der Waals surface area contributed by atoms with Crippen molar-refractivity contribution in [3.05, 3.63) is 35.5 Å². The summed E-state index contributed by atoms with van der Waals surface area (Å²) < 4.78 is 1.81. The van der Waals surface area contributed by atoms with Crippen molar-refractivity contribution < 1.29 is 14.7 Å². The van der Waals surface area contributed by atoms with Crippen LogP contribution in [0, 0.1) is 0 Å². The van der Waals surface area contributed by atoms with Crippen molar-refractivity contribution in [1.29, 1.82) is 0 Å².